The molecule has 33 heavy (non-hydrogen) atoms. The smallest absolute Gasteiger partial charge is 0.341 e. The topological polar surface area (TPSA) is 126 Å². The molecule has 0 fully saturated rings. The van der Waals surface area contributed by atoms with Crippen molar-refractivity contribution in [2.45, 2.75) is 41.2 Å². The number of thiophene rings is 1. The van der Waals surface area contributed by atoms with Gasteiger partial charge in [0.1, 0.15) is 22.6 Å². The zero-order valence-electron chi connectivity index (χ0n) is 19.0. The van der Waals surface area contributed by atoms with Crippen LogP contribution >= 0.6 is 11.3 Å². The molecule has 0 saturated carbocycles. The second-order valence-corrected chi connectivity index (χ2v) is 8.73. The van der Waals surface area contributed by atoms with Gasteiger partial charge >= 0.3 is 5.97 Å². The van der Waals surface area contributed by atoms with Gasteiger partial charge in [-0.25, -0.2) is 4.79 Å². The van der Waals surface area contributed by atoms with Crippen molar-refractivity contribution in [3.05, 3.63) is 57.0 Å². The second-order valence-electron chi connectivity index (χ2n) is 7.50. The van der Waals surface area contributed by atoms with Gasteiger partial charge < -0.3 is 24.4 Å². The molecule has 0 atom stereocenters. The van der Waals surface area contributed by atoms with Gasteiger partial charge in [-0.2, -0.15) is 5.26 Å². The van der Waals surface area contributed by atoms with Crippen LogP contribution in [-0.4, -0.2) is 29.0 Å². The van der Waals surface area contributed by atoms with Crippen LogP contribution in [0.1, 0.15) is 50.3 Å². The molecule has 2 N–H and O–H groups in total. The van der Waals surface area contributed by atoms with Crippen molar-refractivity contribution in [1.29, 1.82) is 5.26 Å². The highest BCUT2D eigenvalue weighted by molar-refractivity contribution is 7.16. The highest BCUT2D eigenvalue weighted by atomic mass is 32.1. The summed E-state index contributed by atoms with van der Waals surface area (Å²) in [7, 11) is 0. The Morgan fingerprint density at radius 2 is 1.91 bits per heavy atom. The highest BCUT2D eigenvalue weighted by Gasteiger charge is 2.24. The molecular formula is C23H24N4O5S. The van der Waals surface area contributed by atoms with Gasteiger partial charge in [-0.3, -0.25) is 9.59 Å². The summed E-state index contributed by atoms with van der Waals surface area (Å²) < 4.78 is 12.4. The van der Waals surface area contributed by atoms with E-state index < -0.39 is 18.5 Å². The number of aryl methyl sites for hydroxylation is 1. The first kappa shape index (κ1) is 23.8. The van der Waals surface area contributed by atoms with Crippen molar-refractivity contribution < 1.29 is 23.5 Å². The molecule has 0 unspecified atom stereocenters. The largest absolute Gasteiger partial charge is 0.467 e. The predicted octanol–water partition coefficient (Wildman–Crippen LogP) is 4.05. The van der Waals surface area contributed by atoms with Crippen LogP contribution in [0.2, 0.25) is 0 Å². The van der Waals surface area contributed by atoms with E-state index in [4.69, 9.17) is 9.15 Å². The molecule has 10 heteroatoms. The number of rotatable bonds is 7. The van der Waals surface area contributed by atoms with E-state index in [1.54, 1.807) is 36.8 Å². The van der Waals surface area contributed by atoms with Crippen LogP contribution in [0.15, 0.2) is 22.8 Å². The molecule has 3 rings (SSSR count). The van der Waals surface area contributed by atoms with Gasteiger partial charge in [0.05, 0.1) is 23.9 Å². The number of nitrogens with one attached hydrogen (secondary N) is 2. The Morgan fingerprint density at radius 1 is 1.18 bits per heavy atom. The maximum absolute atomic E-state index is 12.7. The van der Waals surface area contributed by atoms with E-state index in [2.05, 4.69) is 16.7 Å². The quantitative estimate of drug-likeness (QED) is 0.504. The second kappa shape index (κ2) is 9.75. The van der Waals surface area contributed by atoms with E-state index >= 15 is 0 Å². The number of nitriles is 1. The molecule has 0 aromatic carbocycles. The van der Waals surface area contributed by atoms with E-state index in [0.717, 1.165) is 16.1 Å². The number of esters is 1. The first-order valence-electron chi connectivity index (χ1n) is 10.1. The monoisotopic (exact) mass is 468 g/mol. The minimum absolute atomic E-state index is 0.228. The number of furan rings is 1. The van der Waals surface area contributed by atoms with Gasteiger partial charge in [0.15, 0.2) is 6.61 Å². The Labute approximate surface area is 195 Å². The first-order chi connectivity index (χ1) is 15.6. The third-order valence-electron chi connectivity index (χ3n) is 5.31. The molecule has 2 amide bonds. The summed E-state index contributed by atoms with van der Waals surface area (Å²) in [6.07, 6.45) is 1.55. The summed E-state index contributed by atoms with van der Waals surface area (Å²) in [5.74, 6) is -0.645. The number of hydrogen-bond donors (Lipinski definition) is 2. The minimum Gasteiger partial charge on any atom is -0.467 e. The van der Waals surface area contributed by atoms with Crippen LogP contribution in [0.25, 0.3) is 0 Å². The molecule has 0 aliphatic rings. The van der Waals surface area contributed by atoms with Gasteiger partial charge in [0, 0.05) is 17.5 Å². The Bertz CT molecular complexity index is 1260. The predicted molar refractivity (Wildman–Crippen MR) is 123 cm³/mol. The molecule has 0 radical (unpaired) electrons. The van der Waals surface area contributed by atoms with Gasteiger partial charge in [0.25, 0.3) is 5.91 Å². The number of nitrogens with zero attached hydrogens (tertiary/aromatic N) is 2. The number of ether oxygens (including phenoxy) is 1. The summed E-state index contributed by atoms with van der Waals surface area (Å²) in [5, 5.41) is 15.3. The number of carbonyl (C=O) groups excluding carboxylic acids is 3. The van der Waals surface area contributed by atoms with Gasteiger partial charge in [-0.15, -0.1) is 11.3 Å². The zero-order valence-corrected chi connectivity index (χ0v) is 19.8. The van der Waals surface area contributed by atoms with Crippen molar-refractivity contribution >= 4 is 39.9 Å². The van der Waals surface area contributed by atoms with Gasteiger partial charge in [-0.05, 0) is 51.0 Å². The normalized spacial score (nSPS) is 10.5. The number of carbonyl (C=O) groups is 3. The fourth-order valence-electron chi connectivity index (χ4n) is 3.38. The van der Waals surface area contributed by atoms with E-state index in [9.17, 15) is 19.6 Å². The first-order valence-corrected chi connectivity index (χ1v) is 10.9. The maximum Gasteiger partial charge on any atom is 0.341 e. The number of aromatic nitrogens is 1. The van der Waals surface area contributed by atoms with Gasteiger partial charge in [0.2, 0.25) is 5.91 Å². The van der Waals surface area contributed by atoms with Crippen LogP contribution < -0.4 is 10.6 Å². The molecule has 0 aliphatic carbocycles. The number of hydrogen-bond acceptors (Lipinski definition) is 7. The van der Waals surface area contributed by atoms with Crippen LogP contribution in [-0.2, 0) is 20.9 Å². The van der Waals surface area contributed by atoms with Crippen molar-refractivity contribution in [2.24, 2.45) is 0 Å². The third-order valence-corrected chi connectivity index (χ3v) is 6.43. The van der Waals surface area contributed by atoms with Crippen LogP contribution in [0, 0.1) is 39.0 Å². The molecule has 0 spiro atoms. The van der Waals surface area contributed by atoms with E-state index in [1.807, 2.05) is 13.8 Å². The van der Waals surface area contributed by atoms with Crippen LogP contribution in [0.3, 0.4) is 0 Å². The van der Waals surface area contributed by atoms with Crippen molar-refractivity contribution in [3.63, 3.8) is 0 Å². The Balaban J connectivity index is 1.77. The Hall–Kier alpha value is -3.84. The van der Waals surface area contributed by atoms with Crippen molar-refractivity contribution in [2.75, 3.05) is 17.2 Å². The lowest BCUT2D eigenvalue weighted by atomic mass is 10.1. The Kier molecular flexibility index (Phi) is 7.04. The van der Waals surface area contributed by atoms with Crippen LogP contribution in [0.5, 0.6) is 0 Å². The summed E-state index contributed by atoms with van der Waals surface area (Å²) in [5.41, 5.74) is 2.78. The lowest BCUT2D eigenvalue weighted by Crippen LogP contribution is -2.23. The fourth-order valence-corrected chi connectivity index (χ4v) is 4.47. The standard InChI is InChI=1S/C23H24N4O5S/c1-12-14(3)27(10-17-7-6-8-31-17)21(18(12)9-24)26-19(29)11-32-23(30)20-13(2)15(4)33-22(20)25-16(5)28/h6-8H,10-11H2,1-5H3,(H,25,28)(H,26,29). The van der Waals surface area contributed by atoms with E-state index in [1.165, 1.54) is 18.3 Å². The maximum atomic E-state index is 12.7. The van der Waals surface area contributed by atoms with E-state index in [-0.39, 0.29) is 11.5 Å². The SMILES string of the molecule is CC(=O)Nc1sc(C)c(C)c1C(=O)OCC(=O)Nc1c(C#N)c(C)c(C)n1Cc1ccco1. The number of anilines is 2. The van der Waals surface area contributed by atoms with Crippen molar-refractivity contribution in [1.82, 2.24) is 4.57 Å². The molecule has 0 aliphatic heterocycles. The summed E-state index contributed by atoms with van der Waals surface area (Å²) in [6, 6.07) is 5.68. The molecule has 3 aromatic heterocycles. The molecule has 3 heterocycles. The van der Waals surface area contributed by atoms with Gasteiger partial charge in [-0.1, -0.05) is 0 Å². The highest BCUT2D eigenvalue weighted by Crippen LogP contribution is 2.33. The lowest BCUT2D eigenvalue weighted by Gasteiger charge is -2.12. The lowest BCUT2D eigenvalue weighted by molar-refractivity contribution is -0.119. The minimum atomic E-state index is -0.713. The Morgan fingerprint density at radius 3 is 2.52 bits per heavy atom. The van der Waals surface area contributed by atoms with Crippen LogP contribution in [0.4, 0.5) is 10.8 Å². The van der Waals surface area contributed by atoms with E-state index in [0.29, 0.717) is 34.3 Å². The molecule has 9 nitrogen and oxygen atoms in total. The summed E-state index contributed by atoms with van der Waals surface area (Å²) in [4.78, 5) is 37.6. The summed E-state index contributed by atoms with van der Waals surface area (Å²) >= 11 is 1.27. The average Bonchev–Trinajstić information content (AvgIpc) is 3.42. The summed E-state index contributed by atoms with van der Waals surface area (Å²) in [6.45, 7) is 8.34. The fraction of sp³-hybridized carbons (Fsp3) is 0.304. The molecule has 0 saturated heterocycles. The molecule has 172 valence electrons. The zero-order chi connectivity index (χ0) is 24.3. The molecule has 3 aromatic rings. The number of amides is 2. The van der Waals surface area contributed by atoms with Crippen molar-refractivity contribution in [3.8, 4) is 6.07 Å². The average molecular weight is 469 g/mol. The molecule has 0 bridgehead atoms. The third kappa shape index (κ3) is 4.99. The molecular weight excluding hydrogens is 444 g/mol.